The number of amides is 3. The molecule has 2 saturated heterocycles. The molecule has 0 aliphatic carbocycles. The maximum absolute atomic E-state index is 13.8. The zero-order chi connectivity index (χ0) is 25.2. The number of imide groups is 1. The third-order valence-electron chi connectivity index (χ3n) is 7.14. The Labute approximate surface area is 205 Å². The van der Waals surface area contributed by atoms with Crippen LogP contribution < -0.4 is 4.74 Å². The quantitative estimate of drug-likeness (QED) is 0.543. The second-order valence-electron chi connectivity index (χ2n) is 9.70. The number of rotatable bonds is 8. The van der Waals surface area contributed by atoms with Gasteiger partial charge in [0.25, 0.3) is 0 Å². The number of carbonyl (C=O) groups excluding carboxylic acids is 3. The number of ether oxygens (including phenoxy) is 1. The standard InChI is InChI=1S/C27H32FN3O4/c1-29(2)13-14-31-25(33)17-27(26(31)34,21-5-4-6-23(15-21)35-3)16-24(32)30-12-11-20(18-30)19-7-9-22(28)10-8-19/h4-10,15,20H,11-14,16-18H2,1-3H3. The van der Waals surface area contributed by atoms with Gasteiger partial charge in [-0.05, 0) is 55.9 Å². The molecule has 0 N–H and O–H groups in total. The van der Waals surface area contributed by atoms with Crippen LogP contribution in [0.15, 0.2) is 48.5 Å². The molecule has 2 unspecified atom stereocenters. The number of nitrogens with zero attached hydrogens (tertiary/aromatic N) is 3. The summed E-state index contributed by atoms with van der Waals surface area (Å²) in [7, 11) is 5.31. The van der Waals surface area contributed by atoms with E-state index in [1.165, 1.54) is 17.0 Å². The monoisotopic (exact) mass is 481 g/mol. The summed E-state index contributed by atoms with van der Waals surface area (Å²) in [6, 6.07) is 13.5. The van der Waals surface area contributed by atoms with Gasteiger partial charge in [-0.2, -0.15) is 0 Å². The van der Waals surface area contributed by atoms with E-state index in [2.05, 4.69) is 0 Å². The van der Waals surface area contributed by atoms with Crippen LogP contribution in [-0.4, -0.2) is 79.8 Å². The average Bonchev–Trinajstić information content (AvgIpc) is 3.42. The molecule has 0 radical (unpaired) electrons. The van der Waals surface area contributed by atoms with E-state index in [0.717, 1.165) is 12.0 Å². The lowest BCUT2D eigenvalue weighted by atomic mass is 9.75. The van der Waals surface area contributed by atoms with Gasteiger partial charge in [0, 0.05) is 44.9 Å². The van der Waals surface area contributed by atoms with Gasteiger partial charge in [0.1, 0.15) is 11.6 Å². The summed E-state index contributed by atoms with van der Waals surface area (Å²) in [5, 5.41) is 0. The van der Waals surface area contributed by atoms with Crippen molar-refractivity contribution in [3.05, 3.63) is 65.5 Å². The first-order valence-electron chi connectivity index (χ1n) is 11.9. The van der Waals surface area contributed by atoms with Crippen LogP contribution in [0.1, 0.15) is 36.3 Å². The maximum atomic E-state index is 13.8. The van der Waals surface area contributed by atoms with Crippen LogP contribution in [0, 0.1) is 5.82 Å². The number of likely N-dealkylation sites (tertiary alicyclic amines) is 2. The normalized spacial score (nSPS) is 22.4. The highest BCUT2D eigenvalue weighted by Gasteiger charge is 2.54. The maximum Gasteiger partial charge on any atom is 0.240 e. The average molecular weight is 482 g/mol. The fraction of sp³-hybridized carbons (Fsp3) is 0.444. The summed E-state index contributed by atoms with van der Waals surface area (Å²) in [5.74, 6) is -0.363. The molecule has 2 aliphatic rings. The number of halogens is 1. The molecule has 2 aliphatic heterocycles. The number of hydrogen-bond donors (Lipinski definition) is 0. The molecule has 4 rings (SSSR count). The Morgan fingerprint density at radius 3 is 2.60 bits per heavy atom. The number of methoxy groups -OCH3 is 1. The van der Waals surface area contributed by atoms with Gasteiger partial charge in [-0.25, -0.2) is 4.39 Å². The molecule has 186 valence electrons. The van der Waals surface area contributed by atoms with Crippen LogP contribution >= 0.6 is 0 Å². The second-order valence-corrected chi connectivity index (χ2v) is 9.70. The molecule has 8 heteroatoms. The summed E-state index contributed by atoms with van der Waals surface area (Å²) >= 11 is 0. The van der Waals surface area contributed by atoms with Crippen molar-refractivity contribution < 1.29 is 23.5 Å². The van der Waals surface area contributed by atoms with Gasteiger partial charge < -0.3 is 14.5 Å². The lowest BCUT2D eigenvalue weighted by molar-refractivity contribution is -0.142. The van der Waals surface area contributed by atoms with E-state index < -0.39 is 5.41 Å². The van der Waals surface area contributed by atoms with Gasteiger partial charge in [0.15, 0.2) is 0 Å². The lowest BCUT2D eigenvalue weighted by Crippen LogP contribution is -2.44. The molecule has 2 atom stereocenters. The molecule has 0 saturated carbocycles. The number of carbonyl (C=O) groups is 3. The molecule has 2 aromatic carbocycles. The molecule has 7 nitrogen and oxygen atoms in total. The first-order chi connectivity index (χ1) is 16.7. The highest BCUT2D eigenvalue weighted by Crippen LogP contribution is 2.42. The summed E-state index contributed by atoms with van der Waals surface area (Å²) in [5.41, 5.74) is 0.347. The Morgan fingerprint density at radius 1 is 1.17 bits per heavy atom. The van der Waals surface area contributed by atoms with E-state index >= 15 is 0 Å². The van der Waals surface area contributed by atoms with Crippen molar-refractivity contribution in [3.63, 3.8) is 0 Å². The largest absolute Gasteiger partial charge is 0.497 e. The lowest BCUT2D eigenvalue weighted by Gasteiger charge is -2.29. The minimum Gasteiger partial charge on any atom is -0.497 e. The molecule has 3 amide bonds. The number of likely N-dealkylation sites (N-methyl/N-ethyl adjacent to an activating group) is 1. The Balaban J connectivity index is 1.59. The van der Waals surface area contributed by atoms with Crippen LogP contribution in [0.5, 0.6) is 5.75 Å². The molecule has 0 aromatic heterocycles. The second kappa shape index (κ2) is 10.2. The zero-order valence-corrected chi connectivity index (χ0v) is 20.5. The van der Waals surface area contributed by atoms with Crippen LogP contribution in [0.25, 0.3) is 0 Å². The molecular weight excluding hydrogens is 449 g/mol. The third-order valence-corrected chi connectivity index (χ3v) is 7.14. The number of benzene rings is 2. The van der Waals surface area contributed by atoms with Gasteiger partial charge >= 0.3 is 0 Å². The third kappa shape index (κ3) is 5.07. The van der Waals surface area contributed by atoms with Crippen LogP contribution in [0.2, 0.25) is 0 Å². The molecular formula is C27H32FN3O4. The number of hydrogen-bond acceptors (Lipinski definition) is 5. The van der Waals surface area contributed by atoms with E-state index in [1.54, 1.807) is 48.4 Å². The van der Waals surface area contributed by atoms with Crippen molar-refractivity contribution in [2.45, 2.75) is 30.6 Å². The minimum atomic E-state index is -1.26. The molecule has 2 aromatic rings. The van der Waals surface area contributed by atoms with Crippen LogP contribution in [0.3, 0.4) is 0 Å². The SMILES string of the molecule is COc1cccc(C2(CC(=O)N3CCC(c4ccc(F)cc4)C3)CC(=O)N(CCN(C)C)C2=O)c1. The van der Waals surface area contributed by atoms with Crippen molar-refractivity contribution in [1.29, 1.82) is 0 Å². The zero-order valence-electron chi connectivity index (χ0n) is 20.5. The predicted molar refractivity (Wildman–Crippen MR) is 130 cm³/mol. The summed E-state index contributed by atoms with van der Waals surface area (Å²) in [6.07, 6.45) is 0.637. The highest BCUT2D eigenvalue weighted by atomic mass is 19.1. The van der Waals surface area contributed by atoms with Gasteiger partial charge in [-0.15, -0.1) is 0 Å². The van der Waals surface area contributed by atoms with E-state index in [-0.39, 0.29) is 48.8 Å². The topological polar surface area (TPSA) is 70.2 Å². The van der Waals surface area contributed by atoms with Gasteiger partial charge in [-0.3, -0.25) is 19.3 Å². The summed E-state index contributed by atoms with van der Waals surface area (Å²) in [6.45, 7) is 1.89. The van der Waals surface area contributed by atoms with Crippen LogP contribution in [0.4, 0.5) is 4.39 Å². The predicted octanol–water partition coefficient (Wildman–Crippen LogP) is 2.80. The Morgan fingerprint density at radius 2 is 1.91 bits per heavy atom. The first kappa shape index (κ1) is 24.9. The van der Waals surface area contributed by atoms with Gasteiger partial charge in [0.05, 0.1) is 12.5 Å². The highest BCUT2D eigenvalue weighted by molar-refractivity contribution is 6.10. The Hall–Kier alpha value is -3.26. The molecule has 35 heavy (non-hydrogen) atoms. The van der Waals surface area contributed by atoms with Crippen molar-refractivity contribution >= 4 is 17.7 Å². The summed E-state index contributed by atoms with van der Waals surface area (Å²) < 4.78 is 18.7. The Kier molecular flexibility index (Phi) is 7.21. The van der Waals surface area contributed by atoms with Crippen molar-refractivity contribution in [3.8, 4) is 5.75 Å². The fourth-order valence-corrected chi connectivity index (χ4v) is 5.08. The summed E-state index contributed by atoms with van der Waals surface area (Å²) in [4.78, 5) is 45.3. The van der Waals surface area contributed by atoms with Crippen molar-refractivity contribution in [2.75, 3.05) is 47.4 Å². The molecule has 2 fully saturated rings. The Bertz CT molecular complexity index is 1100. The smallest absolute Gasteiger partial charge is 0.240 e. The fourth-order valence-electron chi connectivity index (χ4n) is 5.08. The van der Waals surface area contributed by atoms with Crippen molar-refractivity contribution in [1.82, 2.24) is 14.7 Å². The van der Waals surface area contributed by atoms with Gasteiger partial charge in [0.2, 0.25) is 17.7 Å². The van der Waals surface area contributed by atoms with Crippen LogP contribution in [-0.2, 0) is 19.8 Å². The molecule has 2 heterocycles. The van der Waals surface area contributed by atoms with E-state index in [4.69, 9.17) is 4.74 Å². The van der Waals surface area contributed by atoms with E-state index in [1.807, 2.05) is 19.0 Å². The van der Waals surface area contributed by atoms with Gasteiger partial charge in [-0.1, -0.05) is 24.3 Å². The molecule has 0 spiro atoms. The molecule has 0 bridgehead atoms. The van der Waals surface area contributed by atoms with E-state index in [9.17, 15) is 18.8 Å². The van der Waals surface area contributed by atoms with Crippen molar-refractivity contribution in [2.24, 2.45) is 0 Å². The van der Waals surface area contributed by atoms with E-state index in [0.29, 0.717) is 30.9 Å². The minimum absolute atomic E-state index is 0.0482. The first-order valence-corrected chi connectivity index (χ1v) is 11.9.